The molecule has 1 aliphatic rings. The van der Waals surface area contributed by atoms with Gasteiger partial charge in [0.2, 0.25) is 0 Å². The molecule has 1 aromatic rings. The van der Waals surface area contributed by atoms with E-state index in [1.807, 2.05) is 0 Å². The van der Waals surface area contributed by atoms with Gasteiger partial charge >= 0.3 is 17.8 Å². The van der Waals surface area contributed by atoms with Crippen LogP contribution in [0.5, 0.6) is 0 Å². The lowest BCUT2D eigenvalue weighted by Crippen LogP contribution is -2.31. The fraction of sp³-hybridized carbons (Fsp3) is 0.267. The minimum atomic E-state index is -0.833. The molecule has 1 heterocycles. The Hall–Kier alpha value is -2.65. The van der Waals surface area contributed by atoms with Gasteiger partial charge in [-0.25, -0.2) is 4.79 Å². The van der Waals surface area contributed by atoms with Gasteiger partial charge in [-0.15, -0.1) is 0 Å². The van der Waals surface area contributed by atoms with Crippen LogP contribution in [0.25, 0.3) is 0 Å². The van der Waals surface area contributed by atoms with Crippen molar-refractivity contribution in [2.24, 2.45) is 0 Å². The number of aliphatic hydroxyl groups is 1. The van der Waals surface area contributed by atoms with Crippen molar-refractivity contribution in [3.8, 4) is 11.8 Å². The van der Waals surface area contributed by atoms with E-state index in [1.54, 1.807) is 24.3 Å². The van der Waals surface area contributed by atoms with Gasteiger partial charge in [0, 0.05) is 19.0 Å². The number of amides is 4. The summed E-state index contributed by atoms with van der Waals surface area (Å²) < 4.78 is 0. The van der Waals surface area contributed by atoms with Gasteiger partial charge in [0.1, 0.15) is 0 Å². The molecule has 0 saturated carbocycles. The van der Waals surface area contributed by atoms with E-state index in [0.29, 0.717) is 17.5 Å². The molecule has 0 atom stereocenters. The maximum Gasteiger partial charge on any atom is 0.334 e. The summed E-state index contributed by atoms with van der Waals surface area (Å²) in [5.41, 5.74) is 1.33. The second-order valence-electron chi connectivity index (χ2n) is 4.47. The van der Waals surface area contributed by atoms with E-state index in [0.717, 1.165) is 9.80 Å². The molecule has 21 heavy (non-hydrogen) atoms. The van der Waals surface area contributed by atoms with Crippen molar-refractivity contribution in [2.45, 2.75) is 13.0 Å². The summed E-state index contributed by atoms with van der Waals surface area (Å²) in [5, 5.41) is 8.73. The van der Waals surface area contributed by atoms with Crippen LogP contribution < -0.4 is 0 Å². The molecule has 6 heteroatoms. The molecule has 0 radical (unpaired) electrons. The third kappa shape index (κ3) is 2.93. The van der Waals surface area contributed by atoms with Crippen LogP contribution in [0.15, 0.2) is 24.3 Å². The normalized spacial score (nSPS) is 14.5. The zero-order valence-corrected chi connectivity index (χ0v) is 11.5. The number of benzene rings is 1. The zero-order valence-electron chi connectivity index (χ0n) is 11.5. The number of hydrogen-bond donors (Lipinski definition) is 1. The Kier molecular flexibility index (Phi) is 4.36. The number of likely N-dealkylation sites (N-methyl/N-ethyl adjacent to an activating group) is 1. The maximum absolute atomic E-state index is 11.8. The fourth-order valence-corrected chi connectivity index (χ4v) is 1.92. The van der Waals surface area contributed by atoms with E-state index < -0.39 is 17.8 Å². The molecule has 1 aliphatic heterocycles. The molecule has 1 aromatic carbocycles. The van der Waals surface area contributed by atoms with E-state index in [1.165, 1.54) is 7.05 Å². The van der Waals surface area contributed by atoms with Gasteiger partial charge in [-0.05, 0) is 11.6 Å². The second-order valence-corrected chi connectivity index (χ2v) is 4.47. The first-order chi connectivity index (χ1) is 10.1. The average molecular weight is 286 g/mol. The van der Waals surface area contributed by atoms with Gasteiger partial charge in [-0.1, -0.05) is 30.0 Å². The van der Waals surface area contributed by atoms with Gasteiger partial charge in [0.25, 0.3) is 0 Å². The molecule has 108 valence electrons. The van der Waals surface area contributed by atoms with Crippen LogP contribution in [0.1, 0.15) is 17.5 Å². The highest BCUT2D eigenvalue weighted by Gasteiger charge is 2.42. The number of urea groups is 1. The first-order valence-electron chi connectivity index (χ1n) is 6.37. The van der Waals surface area contributed by atoms with Crippen molar-refractivity contribution in [2.75, 3.05) is 13.7 Å². The third-order valence-electron chi connectivity index (χ3n) is 3.06. The summed E-state index contributed by atoms with van der Waals surface area (Å²) in [6, 6.07) is 6.42. The van der Waals surface area contributed by atoms with Crippen molar-refractivity contribution in [3.63, 3.8) is 0 Å². The van der Waals surface area contributed by atoms with Crippen molar-refractivity contribution in [3.05, 3.63) is 35.4 Å². The van der Waals surface area contributed by atoms with E-state index in [2.05, 4.69) is 11.8 Å². The predicted molar refractivity (Wildman–Crippen MR) is 73.7 cm³/mol. The Labute approximate surface area is 122 Å². The van der Waals surface area contributed by atoms with Crippen LogP contribution in [-0.2, 0) is 16.1 Å². The summed E-state index contributed by atoms with van der Waals surface area (Å²) in [6.07, 6.45) is 0.344. The first-order valence-corrected chi connectivity index (χ1v) is 6.37. The summed E-state index contributed by atoms with van der Waals surface area (Å²) >= 11 is 0. The van der Waals surface area contributed by atoms with Crippen molar-refractivity contribution < 1.29 is 19.5 Å². The quantitative estimate of drug-likeness (QED) is 0.494. The Morgan fingerprint density at radius 2 is 1.86 bits per heavy atom. The van der Waals surface area contributed by atoms with E-state index in [9.17, 15) is 14.4 Å². The van der Waals surface area contributed by atoms with E-state index in [-0.39, 0.29) is 13.2 Å². The number of nitrogens with zero attached hydrogens (tertiary/aromatic N) is 2. The number of carbonyl (C=O) groups is 3. The van der Waals surface area contributed by atoms with Crippen molar-refractivity contribution >= 4 is 17.8 Å². The third-order valence-corrected chi connectivity index (χ3v) is 3.06. The number of imide groups is 2. The summed E-state index contributed by atoms with van der Waals surface area (Å²) in [4.78, 5) is 36.8. The Morgan fingerprint density at radius 3 is 2.48 bits per heavy atom. The molecule has 0 aliphatic carbocycles. The van der Waals surface area contributed by atoms with Gasteiger partial charge in [0.05, 0.1) is 13.2 Å². The van der Waals surface area contributed by atoms with Crippen LogP contribution in [-0.4, -0.2) is 46.4 Å². The van der Waals surface area contributed by atoms with Crippen molar-refractivity contribution in [1.82, 2.24) is 9.80 Å². The average Bonchev–Trinajstić information content (AvgIpc) is 2.67. The standard InChI is InChI=1S/C15H14N2O4/c1-16-13(19)14(20)17(15(16)21)10-12-8-3-2-6-11(12)7-4-5-9-18/h2-3,6,8,18H,5,9-10H2,1H3. The highest BCUT2D eigenvalue weighted by molar-refractivity contribution is 6.44. The number of aliphatic hydroxyl groups excluding tert-OH is 1. The molecular weight excluding hydrogens is 272 g/mol. The molecule has 0 spiro atoms. The topological polar surface area (TPSA) is 77.9 Å². The highest BCUT2D eigenvalue weighted by Crippen LogP contribution is 2.16. The SMILES string of the molecule is CN1C(=O)C(=O)N(Cc2ccccc2C#CCCO)C1=O. The van der Waals surface area contributed by atoms with E-state index in [4.69, 9.17) is 5.11 Å². The van der Waals surface area contributed by atoms with E-state index >= 15 is 0 Å². The van der Waals surface area contributed by atoms with Crippen LogP contribution in [0.3, 0.4) is 0 Å². The molecule has 1 N–H and O–H groups in total. The second kappa shape index (κ2) is 6.20. The van der Waals surface area contributed by atoms with Gasteiger partial charge in [-0.2, -0.15) is 0 Å². The highest BCUT2D eigenvalue weighted by atomic mass is 16.3. The van der Waals surface area contributed by atoms with Crippen LogP contribution in [0.4, 0.5) is 4.79 Å². The summed E-state index contributed by atoms with van der Waals surface area (Å²) in [5.74, 6) is 4.01. The monoisotopic (exact) mass is 286 g/mol. The zero-order chi connectivity index (χ0) is 15.4. The van der Waals surface area contributed by atoms with Gasteiger partial charge in [-0.3, -0.25) is 19.4 Å². The minimum absolute atomic E-state index is 0.00226. The molecule has 1 fully saturated rings. The fourth-order valence-electron chi connectivity index (χ4n) is 1.92. The Balaban J connectivity index is 2.25. The Bertz CT molecular complexity index is 657. The molecule has 1 saturated heterocycles. The smallest absolute Gasteiger partial charge is 0.334 e. The summed E-state index contributed by atoms with van der Waals surface area (Å²) in [7, 11) is 1.27. The summed E-state index contributed by atoms with van der Waals surface area (Å²) in [6.45, 7) is -0.0325. The first kappa shape index (κ1) is 14.8. The Morgan fingerprint density at radius 1 is 1.14 bits per heavy atom. The van der Waals surface area contributed by atoms with Gasteiger partial charge in [0.15, 0.2) is 0 Å². The van der Waals surface area contributed by atoms with Crippen LogP contribution >= 0.6 is 0 Å². The number of rotatable bonds is 3. The number of hydrogen-bond acceptors (Lipinski definition) is 4. The molecule has 0 aromatic heterocycles. The molecule has 2 rings (SSSR count). The molecule has 0 unspecified atom stereocenters. The number of carbonyl (C=O) groups excluding carboxylic acids is 3. The molecule has 4 amide bonds. The molecular formula is C15H14N2O4. The molecule has 6 nitrogen and oxygen atoms in total. The lowest BCUT2D eigenvalue weighted by Gasteiger charge is -2.13. The predicted octanol–water partition coefficient (Wildman–Crippen LogP) is 0.341. The minimum Gasteiger partial charge on any atom is -0.395 e. The van der Waals surface area contributed by atoms with Crippen LogP contribution in [0, 0.1) is 11.8 Å². The molecule has 0 bridgehead atoms. The lowest BCUT2D eigenvalue weighted by atomic mass is 10.1. The lowest BCUT2D eigenvalue weighted by molar-refractivity contribution is -0.143. The van der Waals surface area contributed by atoms with Crippen molar-refractivity contribution in [1.29, 1.82) is 0 Å². The largest absolute Gasteiger partial charge is 0.395 e. The van der Waals surface area contributed by atoms with Gasteiger partial charge < -0.3 is 5.11 Å². The maximum atomic E-state index is 11.8. The van der Waals surface area contributed by atoms with Crippen LogP contribution in [0.2, 0.25) is 0 Å².